The van der Waals surface area contributed by atoms with E-state index in [9.17, 15) is 19.8 Å². The number of nitro benzene ring substituents is 1. The zero-order valence-electron chi connectivity index (χ0n) is 10.5. The monoisotopic (exact) mass is 287 g/mol. The van der Waals surface area contributed by atoms with Crippen LogP contribution in [0.2, 0.25) is 0 Å². The van der Waals surface area contributed by atoms with E-state index in [1.54, 1.807) is 6.07 Å². The van der Waals surface area contributed by atoms with Crippen molar-refractivity contribution in [3.63, 3.8) is 0 Å². The summed E-state index contributed by atoms with van der Waals surface area (Å²) in [4.78, 5) is 10.4. The Hall–Kier alpha value is -1.27. The van der Waals surface area contributed by atoms with Crippen LogP contribution in [0.25, 0.3) is 0 Å². The van der Waals surface area contributed by atoms with Crippen molar-refractivity contribution in [2.24, 2.45) is 0 Å². The number of hydrogen-bond acceptors (Lipinski definition) is 6. The lowest BCUT2D eigenvalue weighted by Gasteiger charge is -2.20. The van der Waals surface area contributed by atoms with Crippen molar-refractivity contribution in [3.8, 4) is 0 Å². The van der Waals surface area contributed by atoms with Gasteiger partial charge in [0.05, 0.1) is 10.5 Å². The van der Waals surface area contributed by atoms with Gasteiger partial charge in [0.15, 0.2) is 5.34 Å². The molecule has 0 amide bonds. The van der Waals surface area contributed by atoms with Crippen LogP contribution < -0.4 is 0 Å². The van der Waals surface area contributed by atoms with Crippen molar-refractivity contribution in [1.82, 2.24) is 0 Å². The Labute approximate surface area is 109 Å². The van der Waals surface area contributed by atoms with Crippen LogP contribution in [0.4, 0.5) is 5.69 Å². The Balaban J connectivity index is 2.41. The molecule has 3 atom stereocenters. The largest absolute Gasteiger partial charge is 0.377 e. The lowest BCUT2D eigenvalue weighted by molar-refractivity contribution is -0.386. The molecule has 1 fully saturated rings. The highest BCUT2D eigenvalue weighted by Gasteiger charge is 2.55. The molecule has 8 heteroatoms. The molecule has 104 valence electrons. The van der Waals surface area contributed by atoms with E-state index in [2.05, 4.69) is 0 Å². The number of nitrogens with zero attached hydrogens (tertiary/aromatic N) is 1. The first-order chi connectivity index (χ1) is 8.81. The standard InChI is InChI=1S/C11H14NO6P/c1-11(13)7-10(18-19(11,16)17-2)8-5-3-4-6-9(8)12(14)15/h3-6,10,13H,7H2,1-2H3. The summed E-state index contributed by atoms with van der Waals surface area (Å²) in [6, 6.07) is 6.01. The van der Waals surface area contributed by atoms with Gasteiger partial charge in [-0.3, -0.25) is 19.2 Å². The third kappa shape index (κ3) is 2.30. The second-order valence-electron chi connectivity index (χ2n) is 4.51. The molecule has 0 bridgehead atoms. The van der Waals surface area contributed by atoms with Crippen molar-refractivity contribution in [2.75, 3.05) is 7.11 Å². The van der Waals surface area contributed by atoms with Gasteiger partial charge >= 0.3 is 7.60 Å². The minimum Gasteiger partial charge on any atom is -0.377 e. The van der Waals surface area contributed by atoms with E-state index in [0.717, 1.165) is 0 Å². The van der Waals surface area contributed by atoms with Gasteiger partial charge in [-0.05, 0) is 13.0 Å². The van der Waals surface area contributed by atoms with Gasteiger partial charge in [0.2, 0.25) is 0 Å². The molecule has 1 aliphatic heterocycles. The van der Waals surface area contributed by atoms with Gasteiger partial charge in [-0.1, -0.05) is 12.1 Å². The van der Waals surface area contributed by atoms with E-state index < -0.39 is 24.0 Å². The molecular weight excluding hydrogens is 273 g/mol. The molecule has 0 aliphatic carbocycles. The lowest BCUT2D eigenvalue weighted by atomic mass is 10.0. The van der Waals surface area contributed by atoms with Crippen LogP contribution in [-0.4, -0.2) is 22.5 Å². The minimum atomic E-state index is -3.69. The van der Waals surface area contributed by atoms with E-state index >= 15 is 0 Å². The maximum atomic E-state index is 12.2. The molecular formula is C11H14NO6P. The van der Waals surface area contributed by atoms with Gasteiger partial charge in [0.1, 0.15) is 6.10 Å². The summed E-state index contributed by atoms with van der Waals surface area (Å²) < 4.78 is 22.3. The quantitative estimate of drug-likeness (QED) is 0.521. The fourth-order valence-corrected chi connectivity index (χ4v) is 3.73. The first-order valence-corrected chi connectivity index (χ1v) is 7.15. The average molecular weight is 287 g/mol. The fourth-order valence-electron chi connectivity index (χ4n) is 2.11. The molecule has 1 aromatic rings. The number of hydrogen-bond donors (Lipinski definition) is 1. The topological polar surface area (TPSA) is 98.9 Å². The lowest BCUT2D eigenvalue weighted by Crippen LogP contribution is -2.20. The highest BCUT2D eigenvalue weighted by Crippen LogP contribution is 2.69. The van der Waals surface area contributed by atoms with E-state index in [1.165, 1.54) is 32.2 Å². The summed E-state index contributed by atoms with van der Waals surface area (Å²) in [5.74, 6) is 0. The maximum Gasteiger partial charge on any atom is 0.362 e. The van der Waals surface area contributed by atoms with Crippen molar-refractivity contribution in [2.45, 2.75) is 24.8 Å². The molecule has 0 spiro atoms. The molecule has 2 rings (SSSR count). The normalized spacial score (nSPS) is 34.4. The predicted molar refractivity (Wildman–Crippen MR) is 66.8 cm³/mol. The van der Waals surface area contributed by atoms with E-state index in [1.807, 2.05) is 0 Å². The number of para-hydroxylation sites is 1. The summed E-state index contributed by atoms with van der Waals surface area (Å²) in [5, 5.41) is 19.4. The van der Waals surface area contributed by atoms with Crippen LogP contribution >= 0.6 is 7.60 Å². The zero-order valence-corrected chi connectivity index (χ0v) is 11.4. The summed E-state index contributed by atoms with van der Waals surface area (Å²) in [7, 11) is -2.51. The van der Waals surface area contributed by atoms with Gasteiger partial charge in [0, 0.05) is 19.6 Å². The second-order valence-corrected chi connectivity index (χ2v) is 7.05. The molecule has 1 N–H and O–H groups in total. The Bertz CT molecular complexity index is 558. The molecule has 1 aliphatic rings. The van der Waals surface area contributed by atoms with Crippen molar-refractivity contribution in [3.05, 3.63) is 39.9 Å². The van der Waals surface area contributed by atoms with E-state index in [0.29, 0.717) is 0 Å². The second kappa shape index (κ2) is 4.68. The van der Waals surface area contributed by atoms with E-state index in [-0.39, 0.29) is 17.7 Å². The average Bonchev–Trinajstić information content (AvgIpc) is 2.61. The fraction of sp³-hybridized carbons (Fsp3) is 0.455. The van der Waals surface area contributed by atoms with E-state index in [4.69, 9.17) is 9.05 Å². The zero-order chi connectivity index (χ0) is 14.3. The van der Waals surface area contributed by atoms with Crippen LogP contribution in [0, 0.1) is 10.1 Å². The Morgan fingerprint density at radius 2 is 2.21 bits per heavy atom. The summed E-state index contributed by atoms with van der Waals surface area (Å²) >= 11 is 0. The maximum absolute atomic E-state index is 12.2. The molecule has 0 saturated carbocycles. The number of aliphatic hydroxyl groups is 1. The molecule has 0 radical (unpaired) electrons. The molecule has 7 nitrogen and oxygen atoms in total. The van der Waals surface area contributed by atoms with Crippen molar-refractivity contribution in [1.29, 1.82) is 0 Å². The van der Waals surface area contributed by atoms with Crippen LogP contribution in [0.15, 0.2) is 24.3 Å². The molecule has 19 heavy (non-hydrogen) atoms. The van der Waals surface area contributed by atoms with Gasteiger partial charge in [-0.15, -0.1) is 0 Å². The molecule has 0 aromatic heterocycles. The van der Waals surface area contributed by atoms with Gasteiger partial charge in [-0.2, -0.15) is 0 Å². The van der Waals surface area contributed by atoms with Gasteiger partial charge in [-0.25, -0.2) is 0 Å². The van der Waals surface area contributed by atoms with Gasteiger partial charge in [0.25, 0.3) is 5.69 Å². The highest BCUT2D eigenvalue weighted by atomic mass is 31.2. The van der Waals surface area contributed by atoms with Gasteiger partial charge < -0.3 is 9.63 Å². The number of nitro groups is 1. The molecule has 1 heterocycles. The number of rotatable bonds is 3. The smallest absolute Gasteiger partial charge is 0.362 e. The third-order valence-electron chi connectivity index (χ3n) is 3.15. The molecule has 1 aromatic carbocycles. The summed E-state index contributed by atoms with van der Waals surface area (Å²) in [5.41, 5.74) is 0.149. The number of benzene rings is 1. The van der Waals surface area contributed by atoms with Crippen LogP contribution in [-0.2, 0) is 13.6 Å². The van der Waals surface area contributed by atoms with Crippen LogP contribution in [0.1, 0.15) is 25.0 Å². The Morgan fingerprint density at radius 1 is 1.58 bits per heavy atom. The third-order valence-corrected chi connectivity index (χ3v) is 5.52. The Kier molecular flexibility index (Phi) is 3.49. The molecule has 3 unspecified atom stereocenters. The van der Waals surface area contributed by atoms with Crippen molar-refractivity contribution < 1.29 is 23.6 Å². The summed E-state index contributed by atoms with van der Waals surface area (Å²) in [6.07, 6.45) is -0.856. The first-order valence-electron chi connectivity index (χ1n) is 5.61. The highest BCUT2D eigenvalue weighted by molar-refractivity contribution is 7.55. The Morgan fingerprint density at radius 3 is 2.74 bits per heavy atom. The van der Waals surface area contributed by atoms with Crippen LogP contribution in [0.3, 0.4) is 0 Å². The molecule has 1 saturated heterocycles. The van der Waals surface area contributed by atoms with Crippen LogP contribution in [0.5, 0.6) is 0 Å². The predicted octanol–water partition coefficient (Wildman–Crippen LogP) is 2.60. The minimum absolute atomic E-state index is 0.0248. The SMILES string of the molecule is COP1(=O)OC(c2ccccc2[N+](=O)[O-])CC1(C)O. The first kappa shape index (κ1) is 14.1. The summed E-state index contributed by atoms with van der Waals surface area (Å²) in [6.45, 7) is 1.34. The van der Waals surface area contributed by atoms with Crippen molar-refractivity contribution >= 4 is 13.3 Å².